The Balaban J connectivity index is 1.70. The van der Waals surface area contributed by atoms with E-state index in [0.717, 1.165) is 36.1 Å². The third kappa shape index (κ3) is 5.16. The SMILES string of the molecule is Cc1cccc(CN(CC2CCCO2)C(=O)Cc2ccc(CO)cc2)c1. The lowest BCUT2D eigenvalue weighted by Crippen LogP contribution is -2.37. The van der Waals surface area contributed by atoms with Crippen molar-refractivity contribution in [3.8, 4) is 0 Å². The highest BCUT2D eigenvalue weighted by atomic mass is 16.5. The summed E-state index contributed by atoms with van der Waals surface area (Å²) in [6, 6.07) is 15.9. The Morgan fingerprint density at radius 1 is 1.15 bits per heavy atom. The topological polar surface area (TPSA) is 49.8 Å². The molecule has 4 heteroatoms. The third-order valence-corrected chi connectivity index (χ3v) is 4.82. The summed E-state index contributed by atoms with van der Waals surface area (Å²) in [5, 5.41) is 9.16. The molecule has 138 valence electrons. The number of rotatable bonds is 7. The lowest BCUT2D eigenvalue weighted by molar-refractivity contribution is -0.132. The summed E-state index contributed by atoms with van der Waals surface area (Å²) in [7, 11) is 0. The van der Waals surface area contributed by atoms with Crippen LogP contribution in [0.4, 0.5) is 0 Å². The molecule has 1 aliphatic rings. The van der Waals surface area contributed by atoms with Gasteiger partial charge in [0.15, 0.2) is 0 Å². The lowest BCUT2D eigenvalue weighted by atomic mass is 10.1. The highest BCUT2D eigenvalue weighted by Gasteiger charge is 2.23. The molecule has 0 aromatic heterocycles. The molecule has 1 N–H and O–H groups in total. The van der Waals surface area contributed by atoms with Gasteiger partial charge in [0.25, 0.3) is 0 Å². The number of benzene rings is 2. The Morgan fingerprint density at radius 3 is 2.58 bits per heavy atom. The molecule has 1 unspecified atom stereocenters. The number of aliphatic hydroxyl groups is 1. The van der Waals surface area contributed by atoms with Gasteiger partial charge in [-0.05, 0) is 36.5 Å². The largest absolute Gasteiger partial charge is 0.392 e. The van der Waals surface area contributed by atoms with E-state index in [2.05, 4.69) is 25.1 Å². The molecule has 0 saturated carbocycles. The van der Waals surface area contributed by atoms with Crippen molar-refractivity contribution in [3.05, 3.63) is 70.8 Å². The van der Waals surface area contributed by atoms with Crippen molar-refractivity contribution in [3.63, 3.8) is 0 Å². The molecule has 1 fully saturated rings. The van der Waals surface area contributed by atoms with E-state index in [-0.39, 0.29) is 18.6 Å². The third-order valence-electron chi connectivity index (χ3n) is 4.82. The molecule has 1 atom stereocenters. The zero-order valence-electron chi connectivity index (χ0n) is 15.4. The molecule has 2 aromatic carbocycles. The molecule has 3 rings (SSSR count). The van der Waals surface area contributed by atoms with Crippen LogP contribution < -0.4 is 0 Å². The number of hydrogen-bond acceptors (Lipinski definition) is 3. The quantitative estimate of drug-likeness (QED) is 0.831. The van der Waals surface area contributed by atoms with Crippen molar-refractivity contribution >= 4 is 5.91 Å². The number of carbonyl (C=O) groups is 1. The van der Waals surface area contributed by atoms with E-state index >= 15 is 0 Å². The summed E-state index contributed by atoms with van der Waals surface area (Å²) >= 11 is 0. The number of ether oxygens (including phenoxy) is 1. The number of aliphatic hydroxyl groups excluding tert-OH is 1. The van der Waals surface area contributed by atoms with Crippen LogP contribution >= 0.6 is 0 Å². The Morgan fingerprint density at radius 2 is 1.92 bits per heavy atom. The smallest absolute Gasteiger partial charge is 0.227 e. The average molecular weight is 353 g/mol. The number of hydrogen-bond donors (Lipinski definition) is 1. The molecule has 1 heterocycles. The van der Waals surface area contributed by atoms with Crippen molar-refractivity contribution < 1.29 is 14.6 Å². The molecular formula is C22H27NO3. The van der Waals surface area contributed by atoms with Crippen molar-refractivity contribution in [2.45, 2.75) is 45.4 Å². The van der Waals surface area contributed by atoms with Crippen molar-refractivity contribution in [1.82, 2.24) is 4.90 Å². The predicted octanol–water partition coefficient (Wildman–Crippen LogP) is 3.24. The maximum Gasteiger partial charge on any atom is 0.227 e. The van der Waals surface area contributed by atoms with Crippen LogP contribution in [-0.4, -0.2) is 35.2 Å². The van der Waals surface area contributed by atoms with Crippen LogP contribution in [0.1, 0.15) is 35.1 Å². The molecule has 1 aliphatic heterocycles. The van der Waals surface area contributed by atoms with Gasteiger partial charge in [-0.3, -0.25) is 4.79 Å². The molecular weight excluding hydrogens is 326 g/mol. The van der Waals surface area contributed by atoms with Gasteiger partial charge in [0.1, 0.15) is 0 Å². The van der Waals surface area contributed by atoms with Gasteiger partial charge in [-0.1, -0.05) is 54.1 Å². The predicted molar refractivity (Wildman–Crippen MR) is 102 cm³/mol. The van der Waals surface area contributed by atoms with Gasteiger partial charge in [-0.15, -0.1) is 0 Å². The van der Waals surface area contributed by atoms with Gasteiger partial charge < -0.3 is 14.7 Å². The van der Waals surface area contributed by atoms with E-state index in [9.17, 15) is 4.79 Å². The lowest BCUT2D eigenvalue weighted by Gasteiger charge is -2.26. The molecule has 1 amide bonds. The van der Waals surface area contributed by atoms with Crippen LogP contribution in [0.15, 0.2) is 48.5 Å². The molecule has 1 saturated heterocycles. The summed E-state index contributed by atoms with van der Waals surface area (Å²) in [5.41, 5.74) is 4.17. The first-order valence-electron chi connectivity index (χ1n) is 9.27. The first kappa shape index (κ1) is 18.6. The van der Waals surface area contributed by atoms with Crippen molar-refractivity contribution in [2.24, 2.45) is 0 Å². The van der Waals surface area contributed by atoms with Crippen molar-refractivity contribution in [1.29, 1.82) is 0 Å². The van der Waals surface area contributed by atoms with Gasteiger partial charge in [-0.2, -0.15) is 0 Å². The standard InChI is InChI=1S/C22H27NO3/c1-17-4-2-5-20(12-17)14-23(15-21-6-3-11-26-21)22(25)13-18-7-9-19(16-24)10-8-18/h2,4-5,7-10,12,21,24H,3,6,11,13-16H2,1H3. The van der Waals surface area contributed by atoms with Crippen LogP contribution in [0.2, 0.25) is 0 Å². The van der Waals surface area contributed by atoms with Gasteiger partial charge in [0.05, 0.1) is 19.1 Å². The first-order valence-corrected chi connectivity index (χ1v) is 9.27. The molecule has 0 aliphatic carbocycles. The molecule has 0 bridgehead atoms. The van der Waals surface area contributed by atoms with E-state index in [4.69, 9.17) is 9.84 Å². The van der Waals surface area contributed by atoms with Gasteiger partial charge in [0, 0.05) is 19.7 Å². The summed E-state index contributed by atoms with van der Waals surface area (Å²) in [4.78, 5) is 14.9. The Hall–Kier alpha value is -2.17. The Bertz CT molecular complexity index is 720. The fourth-order valence-electron chi connectivity index (χ4n) is 3.37. The molecule has 0 spiro atoms. The minimum absolute atomic E-state index is 0.0206. The number of carbonyl (C=O) groups excluding carboxylic acids is 1. The summed E-state index contributed by atoms with van der Waals surface area (Å²) in [6.45, 7) is 4.13. The van der Waals surface area contributed by atoms with Crippen LogP contribution in [-0.2, 0) is 29.1 Å². The van der Waals surface area contributed by atoms with Crippen LogP contribution in [0.3, 0.4) is 0 Å². The second-order valence-corrected chi connectivity index (χ2v) is 7.05. The Labute approximate surface area is 155 Å². The molecule has 0 radical (unpaired) electrons. The highest BCUT2D eigenvalue weighted by molar-refractivity contribution is 5.78. The van der Waals surface area contributed by atoms with E-state index in [1.165, 1.54) is 5.56 Å². The Kier molecular flexibility index (Phi) is 6.42. The monoisotopic (exact) mass is 353 g/mol. The summed E-state index contributed by atoms with van der Waals surface area (Å²) < 4.78 is 5.75. The minimum atomic E-state index is 0.0206. The number of aryl methyl sites for hydroxylation is 1. The maximum absolute atomic E-state index is 13.0. The number of nitrogens with zero attached hydrogens (tertiary/aromatic N) is 1. The van der Waals surface area contributed by atoms with Gasteiger partial charge in [-0.25, -0.2) is 0 Å². The fourth-order valence-corrected chi connectivity index (χ4v) is 3.37. The summed E-state index contributed by atoms with van der Waals surface area (Å²) in [5.74, 6) is 0.110. The van der Waals surface area contributed by atoms with Gasteiger partial charge in [0.2, 0.25) is 5.91 Å². The molecule has 4 nitrogen and oxygen atoms in total. The maximum atomic E-state index is 13.0. The first-order chi connectivity index (χ1) is 12.6. The molecule has 26 heavy (non-hydrogen) atoms. The number of amides is 1. The second-order valence-electron chi connectivity index (χ2n) is 7.05. The van der Waals surface area contributed by atoms with Crippen LogP contribution in [0, 0.1) is 6.92 Å². The zero-order chi connectivity index (χ0) is 18.4. The van der Waals surface area contributed by atoms with Crippen LogP contribution in [0.25, 0.3) is 0 Å². The normalized spacial score (nSPS) is 16.6. The second kappa shape index (κ2) is 8.97. The van der Waals surface area contributed by atoms with E-state index in [1.54, 1.807) is 0 Å². The summed E-state index contributed by atoms with van der Waals surface area (Å²) in [6.07, 6.45) is 2.59. The fraction of sp³-hybridized carbons (Fsp3) is 0.409. The molecule has 2 aromatic rings. The van der Waals surface area contributed by atoms with Crippen LogP contribution in [0.5, 0.6) is 0 Å². The van der Waals surface area contributed by atoms with E-state index in [0.29, 0.717) is 19.5 Å². The highest BCUT2D eigenvalue weighted by Crippen LogP contribution is 2.17. The van der Waals surface area contributed by atoms with Gasteiger partial charge >= 0.3 is 0 Å². The van der Waals surface area contributed by atoms with Crippen molar-refractivity contribution in [2.75, 3.05) is 13.2 Å². The average Bonchev–Trinajstić information content (AvgIpc) is 3.15. The van der Waals surface area contributed by atoms with E-state index < -0.39 is 0 Å². The zero-order valence-corrected chi connectivity index (χ0v) is 15.4. The van der Waals surface area contributed by atoms with E-state index in [1.807, 2.05) is 35.2 Å². The minimum Gasteiger partial charge on any atom is -0.392 e.